The van der Waals surface area contributed by atoms with Crippen LogP contribution in [0.1, 0.15) is 5.69 Å². The topological polar surface area (TPSA) is 71.5 Å². The second-order valence-electron chi connectivity index (χ2n) is 6.25. The lowest BCUT2D eigenvalue weighted by molar-refractivity contribution is -0.122. The number of carbonyl (C=O) groups excluding carboxylic acids is 2. The fourth-order valence-electron chi connectivity index (χ4n) is 2.83. The number of aromatic nitrogens is 1. The molecule has 0 saturated carbocycles. The molecular formula is C22H14BrN3O3S. The summed E-state index contributed by atoms with van der Waals surface area (Å²) in [4.78, 5) is 30.9. The van der Waals surface area contributed by atoms with E-state index in [1.165, 1.54) is 11.0 Å². The molecule has 1 fully saturated rings. The second kappa shape index (κ2) is 8.56. The van der Waals surface area contributed by atoms with E-state index in [2.05, 4.69) is 26.2 Å². The second-order valence-corrected chi connectivity index (χ2v) is 7.45. The van der Waals surface area contributed by atoms with Crippen molar-refractivity contribution in [1.29, 1.82) is 0 Å². The normalized spacial score (nSPS) is 15.3. The fourth-order valence-corrected chi connectivity index (χ4v) is 3.47. The van der Waals surface area contributed by atoms with Gasteiger partial charge in [0.15, 0.2) is 5.11 Å². The molecule has 6 nitrogen and oxygen atoms in total. The number of nitrogens with zero attached hydrogens (tertiary/aromatic N) is 2. The Labute approximate surface area is 186 Å². The number of amides is 2. The molecule has 3 aromatic rings. The fraction of sp³-hybridized carbons (Fsp3) is 0. The first-order chi connectivity index (χ1) is 14.5. The van der Waals surface area contributed by atoms with Crippen LogP contribution in [0.3, 0.4) is 0 Å². The minimum Gasteiger partial charge on any atom is -0.457 e. The molecule has 0 radical (unpaired) electrons. The predicted molar refractivity (Wildman–Crippen MR) is 121 cm³/mol. The highest BCUT2D eigenvalue weighted by atomic mass is 79.9. The van der Waals surface area contributed by atoms with E-state index < -0.39 is 11.8 Å². The minimum atomic E-state index is -0.563. The van der Waals surface area contributed by atoms with Crippen LogP contribution >= 0.6 is 28.1 Å². The zero-order valence-corrected chi connectivity index (χ0v) is 17.8. The van der Waals surface area contributed by atoms with Crippen molar-refractivity contribution in [3.8, 4) is 11.5 Å². The molecule has 0 unspecified atom stereocenters. The van der Waals surface area contributed by atoms with Crippen LogP contribution in [0.5, 0.6) is 11.5 Å². The molecule has 1 N–H and O–H groups in total. The van der Waals surface area contributed by atoms with Crippen LogP contribution in [0.2, 0.25) is 0 Å². The molecular weight excluding hydrogens is 466 g/mol. The smallest absolute Gasteiger partial charge is 0.270 e. The number of carbonyl (C=O) groups is 2. The highest BCUT2D eigenvalue weighted by molar-refractivity contribution is 9.10. The number of ether oxygens (including phenoxy) is 1. The van der Waals surface area contributed by atoms with Crippen LogP contribution < -0.4 is 15.0 Å². The van der Waals surface area contributed by atoms with Gasteiger partial charge < -0.3 is 4.74 Å². The third-order valence-corrected chi connectivity index (χ3v) is 4.93. The summed E-state index contributed by atoms with van der Waals surface area (Å²) in [7, 11) is 0. The molecule has 4 rings (SSSR count). The Bertz CT molecular complexity index is 1160. The lowest BCUT2D eigenvalue weighted by Gasteiger charge is -2.29. The first kappa shape index (κ1) is 19.9. The molecule has 0 bridgehead atoms. The molecule has 30 heavy (non-hydrogen) atoms. The number of nitrogens with one attached hydrogen (secondary N) is 1. The summed E-state index contributed by atoms with van der Waals surface area (Å²) in [5.74, 6) is 0.224. The Morgan fingerprint density at radius 1 is 0.933 bits per heavy atom. The molecule has 1 aliphatic heterocycles. The Balaban J connectivity index is 1.60. The van der Waals surface area contributed by atoms with E-state index in [1.54, 1.807) is 42.5 Å². The van der Waals surface area contributed by atoms with Crippen LogP contribution in [0.4, 0.5) is 5.69 Å². The molecule has 1 aliphatic rings. The van der Waals surface area contributed by atoms with Crippen molar-refractivity contribution in [2.24, 2.45) is 0 Å². The monoisotopic (exact) mass is 479 g/mol. The average molecular weight is 480 g/mol. The maximum absolute atomic E-state index is 13.1. The van der Waals surface area contributed by atoms with Gasteiger partial charge in [0.05, 0.1) is 11.4 Å². The number of benzene rings is 2. The van der Waals surface area contributed by atoms with E-state index in [0.29, 0.717) is 27.5 Å². The zero-order valence-electron chi connectivity index (χ0n) is 15.4. The minimum absolute atomic E-state index is 0.0149. The van der Waals surface area contributed by atoms with E-state index in [9.17, 15) is 9.59 Å². The highest BCUT2D eigenvalue weighted by Gasteiger charge is 2.34. The lowest BCUT2D eigenvalue weighted by Crippen LogP contribution is -2.54. The summed E-state index contributed by atoms with van der Waals surface area (Å²) in [5, 5.41) is 2.57. The Kier molecular flexibility index (Phi) is 5.69. The molecule has 1 aromatic heterocycles. The summed E-state index contributed by atoms with van der Waals surface area (Å²) >= 11 is 8.51. The molecule has 1 saturated heterocycles. The number of hydrogen-bond donors (Lipinski definition) is 1. The number of rotatable bonds is 4. The lowest BCUT2D eigenvalue weighted by atomic mass is 10.1. The van der Waals surface area contributed by atoms with Gasteiger partial charge in [0.25, 0.3) is 11.8 Å². The summed E-state index contributed by atoms with van der Waals surface area (Å²) in [6, 6.07) is 21.4. The van der Waals surface area contributed by atoms with Crippen LogP contribution in [-0.2, 0) is 9.59 Å². The van der Waals surface area contributed by atoms with Gasteiger partial charge in [0.1, 0.15) is 21.7 Å². The number of anilines is 1. The molecule has 0 spiro atoms. The van der Waals surface area contributed by atoms with Crippen molar-refractivity contribution in [2.75, 3.05) is 4.90 Å². The van der Waals surface area contributed by atoms with Gasteiger partial charge in [-0.3, -0.25) is 19.8 Å². The van der Waals surface area contributed by atoms with Crippen molar-refractivity contribution in [3.63, 3.8) is 0 Å². The van der Waals surface area contributed by atoms with Crippen LogP contribution in [-0.4, -0.2) is 21.9 Å². The first-order valence-corrected chi connectivity index (χ1v) is 10.1. The highest BCUT2D eigenvalue weighted by Crippen LogP contribution is 2.27. The molecule has 0 aliphatic carbocycles. The van der Waals surface area contributed by atoms with Crippen molar-refractivity contribution in [2.45, 2.75) is 0 Å². The molecule has 2 heterocycles. The molecule has 2 amide bonds. The van der Waals surface area contributed by atoms with Gasteiger partial charge in [0, 0.05) is 0 Å². The maximum atomic E-state index is 13.1. The van der Waals surface area contributed by atoms with Crippen LogP contribution in [0, 0.1) is 0 Å². The standard InChI is InChI=1S/C22H14BrN3O3S/c23-19-8-4-5-14(24-19)13-18-20(27)25-22(30)26(21(18)28)15-9-11-17(12-10-15)29-16-6-2-1-3-7-16/h1-13H,(H,25,27,30). The van der Waals surface area contributed by atoms with Gasteiger partial charge in [-0.2, -0.15) is 0 Å². The van der Waals surface area contributed by atoms with Crippen molar-refractivity contribution in [3.05, 3.63) is 88.7 Å². The van der Waals surface area contributed by atoms with E-state index in [0.717, 1.165) is 0 Å². The summed E-state index contributed by atoms with van der Waals surface area (Å²) in [5.41, 5.74) is 0.930. The van der Waals surface area contributed by atoms with Crippen molar-refractivity contribution < 1.29 is 14.3 Å². The van der Waals surface area contributed by atoms with Gasteiger partial charge >= 0.3 is 0 Å². The van der Waals surface area contributed by atoms with Gasteiger partial charge in [-0.25, -0.2) is 4.98 Å². The largest absolute Gasteiger partial charge is 0.457 e. The maximum Gasteiger partial charge on any atom is 0.270 e. The third kappa shape index (κ3) is 4.29. The predicted octanol–water partition coefficient (Wildman–Crippen LogP) is 4.47. The van der Waals surface area contributed by atoms with E-state index in [1.807, 2.05) is 30.3 Å². The Hall–Kier alpha value is -3.36. The average Bonchev–Trinajstić information content (AvgIpc) is 2.73. The summed E-state index contributed by atoms with van der Waals surface area (Å²) < 4.78 is 6.37. The quantitative estimate of drug-likeness (QED) is 0.258. The third-order valence-electron chi connectivity index (χ3n) is 4.20. The molecule has 0 atom stereocenters. The number of thiocarbonyl (C=S) groups is 1. The first-order valence-electron chi connectivity index (χ1n) is 8.88. The van der Waals surface area contributed by atoms with Crippen LogP contribution in [0.15, 0.2) is 83.0 Å². The van der Waals surface area contributed by atoms with Crippen molar-refractivity contribution >= 4 is 56.8 Å². The Morgan fingerprint density at radius 2 is 1.63 bits per heavy atom. The van der Waals surface area contributed by atoms with E-state index in [-0.39, 0.29) is 10.7 Å². The van der Waals surface area contributed by atoms with Gasteiger partial charge in [-0.05, 0) is 82.8 Å². The SMILES string of the molecule is O=C1NC(=S)N(c2ccc(Oc3ccccc3)cc2)C(=O)C1=Cc1cccc(Br)n1. The summed E-state index contributed by atoms with van der Waals surface area (Å²) in [6.45, 7) is 0. The number of halogens is 1. The number of hydrogen-bond acceptors (Lipinski definition) is 5. The van der Waals surface area contributed by atoms with E-state index >= 15 is 0 Å². The summed E-state index contributed by atoms with van der Waals surface area (Å²) in [6.07, 6.45) is 1.43. The van der Waals surface area contributed by atoms with Gasteiger partial charge in [-0.1, -0.05) is 24.3 Å². The molecule has 8 heteroatoms. The number of para-hydroxylation sites is 1. The Morgan fingerprint density at radius 3 is 2.33 bits per heavy atom. The molecule has 148 valence electrons. The van der Waals surface area contributed by atoms with Crippen molar-refractivity contribution in [1.82, 2.24) is 10.3 Å². The van der Waals surface area contributed by atoms with Gasteiger partial charge in [-0.15, -0.1) is 0 Å². The number of pyridine rings is 1. The van der Waals surface area contributed by atoms with Gasteiger partial charge in [0.2, 0.25) is 0 Å². The van der Waals surface area contributed by atoms with Crippen LogP contribution in [0.25, 0.3) is 6.08 Å². The molecule has 2 aromatic carbocycles. The van der Waals surface area contributed by atoms with E-state index in [4.69, 9.17) is 17.0 Å². The zero-order chi connectivity index (χ0) is 21.1.